The Balaban J connectivity index is 1.35. The van der Waals surface area contributed by atoms with Gasteiger partial charge in [-0.05, 0) is 60.7 Å². The van der Waals surface area contributed by atoms with E-state index in [1.807, 2.05) is 20.8 Å². The molecule has 0 spiro atoms. The van der Waals surface area contributed by atoms with Crippen LogP contribution in [-0.2, 0) is 29.0 Å². The molecular weight excluding hydrogens is 646 g/mol. The largest absolute Gasteiger partial charge is 0.346 e. The average molecular weight is 704 g/mol. The van der Waals surface area contributed by atoms with Gasteiger partial charge >= 0.3 is 6.03 Å². The van der Waals surface area contributed by atoms with Crippen LogP contribution < -0.4 is 21.3 Å². The second kappa shape index (κ2) is 14.0. The molecule has 5 aliphatic rings. The fourth-order valence-corrected chi connectivity index (χ4v) is 11.3. The van der Waals surface area contributed by atoms with Gasteiger partial charge in [0.15, 0.2) is 9.84 Å². The van der Waals surface area contributed by atoms with Crippen LogP contribution in [-0.4, -0.2) is 90.6 Å². The van der Waals surface area contributed by atoms with Gasteiger partial charge in [-0.25, -0.2) is 13.2 Å². The maximum atomic E-state index is 14.5. The molecule has 5 fully saturated rings. The van der Waals surface area contributed by atoms with Gasteiger partial charge in [-0.1, -0.05) is 79.2 Å². The molecule has 0 bridgehead atoms. The molecule has 2 unspecified atom stereocenters. The topological polar surface area (TPSA) is 171 Å². The summed E-state index contributed by atoms with van der Waals surface area (Å²) in [7, 11) is -3.39. The van der Waals surface area contributed by atoms with Gasteiger partial charge in [-0.15, -0.1) is 6.58 Å². The van der Waals surface area contributed by atoms with Crippen LogP contribution >= 0.6 is 0 Å². The van der Waals surface area contributed by atoms with E-state index in [1.165, 1.54) is 6.08 Å². The van der Waals surface area contributed by atoms with Crippen LogP contribution in [0.25, 0.3) is 0 Å². The predicted octanol–water partition coefficient (Wildman–Crippen LogP) is 3.01. The number of piperidine rings is 1. The highest BCUT2D eigenvalue weighted by Crippen LogP contribution is 2.65. The van der Waals surface area contributed by atoms with E-state index in [4.69, 9.17) is 0 Å². The van der Waals surface area contributed by atoms with Crippen molar-refractivity contribution in [3.05, 3.63) is 12.7 Å². The van der Waals surface area contributed by atoms with Gasteiger partial charge < -0.3 is 26.2 Å². The van der Waals surface area contributed by atoms with Crippen molar-refractivity contribution >= 4 is 39.4 Å². The van der Waals surface area contributed by atoms with Crippen LogP contribution in [0.2, 0.25) is 0 Å². The number of hydrogen-bond donors (Lipinski definition) is 4. The molecule has 12 nitrogen and oxygen atoms in total. The lowest BCUT2D eigenvalue weighted by Gasteiger charge is -2.45. The van der Waals surface area contributed by atoms with Crippen molar-refractivity contribution in [2.45, 2.75) is 134 Å². The minimum Gasteiger partial charge on any atom is -0.346 e. The summed E-state index contributed by atoms with van der Waals surface area (Å²) in [6.07, 6.45) is 9.36. The van der Waals surface area contributed by atoms with Crippen LogP contribution in [0.4, 0.5) is 4.79 Å². The summed E-state index contributed by atoms with van der Waals surface area (Å²) in [6, 6.07) is -3.47. The molecule has 49 heavy (non-hydrogen) atoms. The molecule has 2 aliphatic heterocycles. The molecule has 4 N–H and O–H groups in total. The number of hydrogen-bond acceptors (Lipinski definition) is 7. The average Bonchev–Trinajstić information content (AvgIpc) is 3.88. The quantitative estimate of drug-likeness (QED) is 0.179. The summed E-state index contributed by atoms with van der Waals surface area (Å²) in [4.78, 5) is 69.8. The first-order valence-electron chi connectivity index (χ1n) is 18.3. The Morgan fingerprint density at radius 2 is 1.63 bits per heavy atom. The zero-order chi connectivity index (χ0) is 35.9. The number of ketones is 1. The van der Waals surface area contributed by atoms with E-state index in [0.717, 1.165) is 38.5 Å². The fraction of sp³-hybridized carbons (Fsp3) is 0.806. The smallest absolute Gasteiger partial charge is 0.315 e. The van der Waals surface area contributed by atoms with Crippen molar-refractivity contribution in [1.82, 2.24) is 26.2 Å². The lowest BCUT2D eigenvalue weighted by Crippen LogP contribution is -2.66. The summed E-state index contributed by atoms with van der Waals surface area (Å²) < 4.78 is 26.5. The van der Waals surface area contributed by atoms with Crippen molar-refractivity contribution in [2.75, 3.05) is 18.8 Å². The molecule has 274 valence electrons. The number of urea groups is 1. The third-order valence-corrected chi connectivity index (χ3v) is 14.4. The molecule has 2 saturated heterocycles. The van der Waals surface area contributed by atoms with Gasteiger partial charge in [0.1, 0.15) is 12.1 Å². The molecule has 3 aliphatic carbocycles. The van der Waals surface area contributed by atoms with E-state index < -0.39 is 73.7 Å². The Morgan fingerprint density at radius 1 is 0.959 bits per heavy atom. The van der Waals surface area contributed by atoms with Crippen LogP contribution in [0.15, 0.2) is 12.7 Å². The molecule has 0 aromatic rings. The highest BCUT2D eigenvalue weighted by atomic mass is 32.2. The Labute approximate surface area is 291 Å². The second-order valence-electron chi connectivity index (χ2n) is 17.0. The first kappa shape index (κ1) is 37.3. The molecular formula is C36H57N5O7S. The van der Waals surface area contributed by atoms with E-state index in [0.29, 0.717) is 38.6 Å². The normalized spacial score (nSPS) is 29.4. The number of fused-ring (bicyclic) bond motifs is 1. The van der Waals surface area contributed by atoms with Gasteiger partial charge in [0.2, 0.25) is 17.6 Å². The second-order valence-corrected chi connectivity index (χ2v) is 19.3. The number of likely N-dealkylation sites (tertiary alicyclic amines) is 1. The molecule has 0 radical (unpaired) electrons. The minimum absolute atomic E-state index is 0.0668. The highest BCUT2D eigenvalue weighted by molar-refractivity contribution is 7.92. The van der Waals surface area contributed by atoms with Gasteiger partial charge in [0, 0.05) is 13.1 Å². The molecule has 0 aromatic carbocycles. The third kappa shape index (κ3) is 7.86. The van der Waals surface area contributed by atoms with Crippen molar-refractivity contribution in [1.29, 1.82) is 0 Å². The summed E-state index contributed by atoms with van der Waals surface area (Å²) in [6.45, 7) is 13.7. The number of Topliss-reactive ketones (excluding diaryl/α,β-unsaturated/α-hetero) is 1. The Bertz CT molecular complexity index is 1440. The maximum absolute atomic E-state index is 14.5. The SMILES string of the molecule is C=CCNC(=O)C(=O)[C@H](CC1CC1)NC(=O)[C@@H]1C2C(CN1C(=O)[C@@H](NC(=O)NC1([C@H]3CCCCS3(=O)=O)CCCCC1)C(C)(C)C)C2(C)C. The van der Waals surface area contributed by atoms with Crippen molar-refractivity contribution in [3.8, 4) is 0 Å². The summed E-state index contributed by atoms with van der Waals surface area (Å²) in [5, 5.41) is 10.7. The van der Waals surface area contributed by atoms with Crippen molar-refractivity contribution in [3.63, 3.8) is 0 Å². The van der Waals surface area contributed by atoms with Crippen molar-refractivity contribution < 1.29 is 32.4 Å². The number of nitrogens with zero attached hydrogens (tertiary/aromatic N) is 1. The first-order valence-corrected chi connectivity index (χ1v) is 20.0. The minimum atomic E-state index is -3.39. The van der Waals surface area contributed by atoms with E-state index in [-0.39, 0.29) is 35.5 Å². The van der Waals surface area contributed by atoms with Crippen molar-refractivity contribution in [2.24, 2.45) is 28.6 Å². The molecule has 3 saturated carbocycles. The standard InChI is InChI=1S/C36H57N5O7S/c1-7-18-37-31(44)28(42)24(20-22-14-15-22)38-30(43)27-26-23(35(26,5)6)21-41(27)32(45)29(34(2,3)4)39-33(46)40-36(16-10-8-11-17-36)25-13-9-12-19-49(25,47)48/h7,22-27,29H,1,8-21H2,2-6H3,(H,37,44)(H,38,43)(H2,39,40,46)/t23?,24-,25+,26?,27-,29+/m0/s1. The number of carbonyl (C=O) groups excluding carboxylic acids is 5. The lowest BCUT2D eigenvalue weighted by molar-refractivity contribution is -0.145. The fourth-order valence-electron chi connectivity index (χ4n) is 8.89. The van der Waals surface area contributed by atoms with Gasteiger partial charge in [0.25, 0.3) is 5.91 Å². The van der Waals surface area contributed by atoms with Crippen LogP contribution in [0.3, 0.4) is 0 Å². The van der Waals surface area contributed by atoms with E-state index in [1.54, 1.807) is 4.90 Å². The van der Waals surface area contributed by atoms with Gasteiger partial charge in [-0.3, -0.25) is 19.2 Å². The van der Waals surface area contributed by atoms with Gasteiger partial charge in [-0.2, -0.15) is 0 Å². The van der Waals surface area contributed by atoms with Crippen LogP contribution in [0.1, 0.15) is 105 Å². The third-order valence-electron chi connectivity index (χ3n) is 12.0. The Morgan fingerprint density at radius 3 is 2.22 bits per heavy atom. The molecule has 5 rings (SSSR count). The number of sulfone groups is 1. The summed E-state index contributed by atoms with van der Waals surface area (Å²) in [5.74, 6) is -2.07. The molecule has 0 aromatic heterocycles. The number of amides is 5. The summed E-state index contributed by atoms with van der Waals surface area (Å²) >= 11 is 0. The van der Waals surface area contributed by atoms with Crippen LogP contribution in [0.5, 0.6) is 0 Å². The zero-order valence-corrected chi connectivity index (χ0v) is 30.8. The Kier molecular flexibility index (Phi) is 10.6. The highest BCUT2D eigenvalue weighted by Gasteiger charge is 2.70. The maximum Gasteiger partial charge on any atom is 0.315 e. The van der Waals surface area contributed by atoms with E-state index in [9.17, 15) is 32.4 Å². The summed E-state index contributed by atoms with van der Waals surface area (Å²) in [5.41, 5.74) is -1.84. The lowest BCUT2D eigenvalue weighted by atomic mass is 9.77. The molecule has 5 amide bonds. The molecule has 6 atom stereocenters. The van der Waals surface area contributed by atoms with E-state index in [2.05, 4.69) is 41.7 Å². The number of carbonyl (C=O) groups is 5. The predicted molar refractivity (Wildman–Crippen MR) is 186 cm³/mol. The monoisotopic (exact) mass is 703 g/mol. The molecule has 2 heterocycles. The van der Waals surface area contributed by atoms with Gasteiger partial charge in [0.05, 0.1) is 22.6 Å². The van der Waals surface area contributed by atoms with E-state index >= 15 is 0 Å². The molecule has 13 heteroatoms. The first-order chi connectivity index (χ1) is 22.9. The number of nitrogens with one attached hydrogen (secondary N) is 4. The number of rotatable bonds is 12. The van der Waals surface area contributed by atoms with Crippen LogP contribution in [0, 0.1) is 28.6 Å². The zero-order valence-electron chi connectivity index (χ0n) is 29.9. The Hall–Kier alpha value is -2.96.